The minimum Gasteiger partial charge on any atom is -0.283 e. The first kappa shape index (κ1) is 10.1. The summed E-state index contributed by atoms with van der Waals surface area (Å²) in [6.07, 6.45) is 3.90. The molecule has 0 saturated carbocycles. The van der Waals surface area contributed by atoms with E-state index in [0.29, 0.717) is 5.25 Å². The van der Waals surface area contributed by atoms with Crippen LogP contribution in [0, 0.1) is 6.92 Å². The van der Waals surface area contributed by atoms with Crippen molar-refractivity contribution in [1.29, 1.82) is 0 Å². The SMILES string of the molecule is Cc1cccc2nnc(C3CCCCS3)n12. The molecule has 3 rings (SSSR count). The molecule has 1 fully saturated rings. The molecule has 3 nitrogen and oxygen atoms in total. The van der Waals surface area contributed by atoms with Crippen LogP contribution in [0.2, 0.25) is 0 Å². The number of thioether (sulfide) groups is 1. The molecule has 2 aromatic heterocycles. The predicted molar refractivity (Wildman–Crippen MR) is 66.8 cm³/mol. The quantitative estimate of drug-likeness (QED) is 0.758. The number of aryl methyl sites for hydroxylation is 1. The van der Waals surface area contributed by atoms with Gasteiger partial charge in [-0.2, -0.15) is 11.8 Å². The van der Waals surface area contributed by atoms with E-state index >= 15 is 0 Å². The second kappa shape index (κ2) is 4.09. The average molecular weight is 233 g/mol. The van der Waals surface area contributed by atoms with Gasteiger partial charge in [0.25, 0.3) is 0 Å². The maximum absolute atomic E-state index is 4.37. The number of hydrogen-bond donors (Lipinski definition) is 0. The van der Waals surface area contributed by atoms with Crippen LogP contribution in [0.5, 0.6) is 0 Å². The lowest BCUT2D eigenvalue weighted by molar-refractivity contribution is 0.655. The average Bonchev–Trinajstić information content (AvgIpc) is 2.75. The molecule has 0 radical (unpaired) electrons. The Morgan fingerprint density at radius 2 is 2.25 bits per heavy atom. The van der Waals surface area contributed by atoms with Gasteiger partial charge in [-0.25, -0.2) is 0 Å². The normalized spacial score (nSPS) is 21.4. The van der Waals surface area contributed by atoms with Gasteiger partial charge in [0.1, 0.15) is 0 Å². The largest absolute Gasteiger partial charge is 0.283 e. The molecule has 0 amide bonds. The van der Waals surface area contributed by atoms with Crippen LogP contribution in [0.4, 0.5) is 0 Å². The van der Waals surface area contributed by atoms with Crippen LogP contribution in [0.25, 0.3) is 5.65 Å². The molecule has 0 aromatic carbocycles. The van der Waals surface area contributed by atoms with Gasteiger partial charge >= 0.3 is 0 Å². The van der Waals surface area contributed by atoms with Crippen molar-refractivity contribution >= 4 is 17.4 Å². The zero-order valence-corrected chi connectivity index (χ0v) is 10.2. The minimum atomic E-state index is 0.532. The molecule has 1 saturated heterocycles. The summed E-state index contributed by atoms with van der Waals surface area (Å²) in [4.78, 5) is 0. The molecule has 3 heterocycles. The maximum atomic E-state index is 4.37. The van der Waals surface area contributed by atoms with Gasteiger partial charge in [0, 0.05) is 5.69 Å². The van der Waals surface area contributed by atoms with Crippen LogP contribution in [0.1, 0.15) is 36.0 Å². The fourth-order valence-corrected chi connectivity index (χ4v) is 3.57. The molecule has 0 N–H and O–H groups in total. The van der Waals surface area contributed by atoms with Crippen molar-refractivity contribution in [3.8, 4) is 0 Å². The predicted octanol–water partition coefficient (Wildman–Crippen LogP) is 3.00. The molecular formula is C12H15N3S. The molecule has 84 valence electrons. The van der Waals surface area contributed by atoms with Crippen molar-refractivity contribution in [3.63, 3.8) is 0 Å². The zero-order valence-electron chi connectivity index (χ0n) is 9.39. The Morgan fingerprint density at radius 3 is 3.06 bits per heavy atom. The fourth-order valence-electron chi connectivity index (χ4n) is 2.28. The van der Waals surface area contributed by atoms with Crippen LogP contribution in [-0.4, -0.2) is 20.4 Å². The third-order valence-corrected chi connectivity index (χ3v) is 4.49. The molecule has 16 heavy (non-hydrogen) atoms. The van der Waals surface area contributed by atoms with Gasteiger partial charge in [0.05, 0.1) is 5.25 Å². The number of aromatic nitrogens is 3. The third-order valence-electron chi connectivity index (χ3n) is 3.12. The monoisotopic (exact) mass is 233 g/mol. The van der Waals surface area contributed by atoms with Gasteiger partial charge in [-0.1, -0.05) is 12.5 Å². The summed E-state index contributed by atoms with van der Waals surface area (Å²) in [6.45, 7) is 2.12. The molecule has 0 aliphatic carbocycles. The number of rotatable bonds is 1. The highest BCUT2D eigenvalue weighted by Gasteiger charge is 2.21. The lowest BCUT2D eigenvalue weighted by atomic mass is 10.2. The van der Waals surface area contributed by atoms with Crippen LogP contribution in [-0.2, 0) is 0 Å². The second-order valence-corrected chi connectivity index (χ2v) is 5.58. The van der Waals surface area contributed by atoms with E-state index in [9.17, 15) is 0 Å². The first-order valence-corrected chi connectivity index (χ1v) is 6.83. The smallest absolute Gasteiger partial charge is 0.161 e. The highest BCUT2D eigenvalue weighted by Crippen LogP contribution is 2.37. The Bertz CT molecular complexity index is 500. The van der Waals surface area contributed by atoms with E-state index in [1.165, 1.54) is 30.7 Å². The Balaban J connectivity index is 2.09. The van der Waals surface area contributed by atoms with Gasteiger partial charge in [-0.15, -0.1) is 10.2 Å². The maximum Gasteiger partial charge on any atom is 0.161 e. The molecule has 4 heteroatoms. The lowest BCUT2D eigenvalue weighted by Crippen LogP contribution is -2.07. The van der Waals surface area contributed by atoms with Crippen molar-refractivity contribution < 1.29 is 0 Å². The van der Waals surface area contributed by atoms with Gasteiger partial charge < -0.3 is 0 Å². The molecule has 1 unspecified atom stereocenters. The summed E-state index contributed by atoms with van der Waals surface area (Å²) >= 11 is 2.02. The Labute approximate surface area is 99.3 Å². The van der Waals surface area contributed by atoms with Crippen molar-refractivity contribution in [2.75, 3.05) is 5.75 Å². The Kier molecular flexibility index (Phi) is 2.59. The van der Waals surface area contributed by atoms with Gasteiger partial charge in [-0.3, -0.25) is 4.40 Å². The number of hydrogen-bond acceptors (Lipinski definition) is 3. The number of pyridine rings is 1. The van der Waals surface area contributed by atoms with E-state index in [0.717, 1.165) is 11.5 Å². The Morgan fingerprint density at radius 1 is 1.31 bits per heavy atom. The Hall–Kier alpha value is -1.03. The standard InChI is InChI=1S/C12H15N3S/c1-9-5-4-7-11-13-14-12(15(9)11)10-6-2-3-8-16-10/h4-5,7,10H,2-3,6,8H2,1H3. The highest BCUT2D eigenvalue weighted by atomic mass is 32.2. The first-order valence-electron chi connectivity index (χ1n) is 5.78. The van der Waals surface area contributed by atoms with Gasteiger partial charge in [0.2, 0.25) is 0 Å². The van der Waals surface area contributed by atoms with E-state index in [1.807, 2.05) is 23.9 Å². The lowest BCUT2D eigenvalue weighted by Gasteiger charge is -2.19. The van der Waals surface area contributed by atoms with Crippen LogP contribution >= 0.6 is 11.8 Å². The topological polar surface area (TPSA) is 30.2 Å². The van der Waals surface area contributed by atoms with E-state index in [4.69, 9.17) is 0 Å². The summed E-state index contributed by atoms with van der Waals surface area (Å²) in [5, 5.41) is 9.16. The van der Waals surface area contributed by atoms with Crippen molar-refractivity contribution in [1.82, 2.24) is 14.6 Å². The van der Waals surface area contributed by atoms with Crippen molar-refractivity contribution in [2.24, 2.45) is 0 Å². The summed E-state index contributed by atoms with van der Waals surface area (Å²) < 4.78 is 2.20. The molecular weight excluding hydrogens is 218 g/mol. The molecule has 1 atom stereocenters. The summed E-state index contributed by atoms with van der Waals surface area (Å²) in [7, 11) is 0. The number of fused-ring (bicyclic) bond motifs is 1. The van der Waals surface area contributed by atoms with E-state index in [-0.39, 0.29) is 0 Å². The van der Waals surface area contributed by atoms with Crippen LogP contribution in [0.15, 0.2) is 18.2 Å². The second-order valence-electron chi connectivity index (χ2n) is 4.27. The number of nitrogens with zero attached hydrogens (tertiary/aromatic N) is 3. The van der Waals surface area contributed by atoms with Crippen molar-refractivity contribution in [2.45, 2.75) is 31.4 Å². The summed E-state index contributed by atoms with van der Waals surface area (Å²) in [6, 6.07) is 6.18. The zero-order chi connectivity index (χ0) is 11.0. The summed E-state index contributed by atoms with van der Waals surface area (Å²) in [5.41, 5.74) is 2.20. The molecule has 1 aliphatic rings. The highest BCUT2D eigenvalue weighted by molar-refractivity contribution is 7.99. The molecule has 2 aromatic rings. The van der Waals surface area contributed by atoms with Crippen LogP contribution in [0.3, 0.4) is 0 Å². The van der Waals surface area contributed by atoms with Crippen LogP contribution < -0.4 is 0 Å². The summed E-state index contributed by atoms with van der Waals surface area (Å²) in [5.74, 6) is 2.39. The minimum absolute atomic E-state index is 0.532. The molecule has 0 spiro atoms. The molecule has 1 aliphatic heterocycles. The molecule has 0 bridgehead atoms. The van der Waals surface area contributed by atoms with E-state index in [1.54, 1.807) is 0 Å². The van der Waals surface area contributed by atoms with Gasteiger partial charge in [-0.05, 0) is 37.7 Å². The van der Waals surface area contributed by atoms with Gasteiger partial charge in [0.15, 0.2) is 11.5 Å². The first-order chi connectivity index (χ1) is 7.86. The fraction of sp³-hybridized carbons (Fsp3) is 0.500. The van der Waals surface area contributed by atoms with Crippen molar-refractivity contribution in [3.05, 3.63) is 29.7 Å². The van der Waals surface area contributed by atoms with E-state index < -0.39 is 0 Å². The third kappa shape index (κ3) is 1.61. The van der Waals surface area contributed by atoms with E-state index in [2.05, 4.69) is 27.6 Å².